The molecule has 0 bridgehead atoms. The van der Waals surface area contributed by atoms with Crippen LogP contribution < -0.4 is 0 Å². The van der Waals surface area contributed by atoms with E-state index in [4.69, 9.17) is 28.4 Å². The highest BCUT2D eigenvalue weighted by molar-refractivity contribution is 5.14. The lowest BCUT2D eigenvalue weighted by atomic mass is 9.47. The summed E-state index contributed by atoms with van der Waals surface area (Å²) in [5.74, 6) is 9.30. The minimum atomic E-state index is 0.598. The molecule has 0 aliphatic heterocycles. The molecule has 46 heavy (non-hydrogen) atoms. The second-order valence-corrected chi connectivity index (χ2v) is 16.5. The molecule has 0 heterocycles. The van der Waals surface area contributed by atoms with Gasteiger partial charge in [-0.1, -0.05) is 39.5 Å². The molecule has 0 N–H and O–H groups in total. The summed E-state index contributed by atoms with van der Waals surface area (Å²) in [5, 5.41) is 0. The molecule has 0 spiro atoms. The van der Waals surface area contributed by atoms with E-state index in [2.05, 4.69) is 13.8 Å². The first-order valence-corrected chi connectivity index (χ1v) is 19.9. The Bertz CT molecular complexity index is 795. The van der Waals surface area contributed by atoms with Crippen molar-refractivity contribution < 1.29 is 28.4 Å². The van der Waals surface area contributed by atoms with E-state index >= 15 is 0 Å². The standard InChI is InChI=1S/C40H72O6/c1-30-5-15-36-37-16-6-31(2)28-39(37)40(38(36)27-30,35-13-9-33(10-14-35)29-46-26-25-45-22-20-42-4)34-11-7-32(8-12-34)17-18-43-23-24-44-21-19-41-3/h30-39H,5-29H2,1-4H3. The smallest absolute Gasteiger partial charge is 0.0701 e. The Kier molecular flexibility index (Phi) is 15.5. The normalized spacial score (nSPS) is 39.7. The van der Waals surface area contributed by atoms with Crippen LogP contribution in [-0.4, -0.2) is 80.3 Å². The van der Waals surface area contributed by atoms with E-state index in [0.29, 0.717) is 58.3 Å². The van der Waals surface area contributed by atoms with Gasteiger partial charge < -0.3 is 28.4 Å². The lowest BCUT2D eigenvalue weighted by molar-refractivity contribution is -0.0935. The first-order valence-electron chi connectivity index (χ1n) is 19.9. The first-order chi connectivity index (χ1) is 22.6. The van der Waals surface area contributed by atoms with Crippen LogP contribution in [0.2, 0.25) is 0 Å². The van der Waals surface area contributed by atoms with Crippen molar-refractivity contribution in [1.82, 2.24) is 0 Å². The van der Waals surface area contributed by atoms with Crippen molar-refractivity contribution in [3.8, 4) is 0 Å². The number of methoxy groups -OCH3 is 2. The summed E-state index contributed by atoms with van der Waals surface area (Å²) in [7, 11) is 3.44. The van der Waals surface area contributed by atoms with Crippen LogP contribution in [0.3, 0.4) is 0 Å². The van der Waals surface area contributed by atoms with Crippen molar-refractivity contribution in [3.63, 3.8) is 0 Å². The molecule has 0 aromatic heterocycles. The highest BCUT2D eigenvalue weighted by Crippen LogP contribution is 2.72. The van der Waals surface area contributed by atoms with E-state index in [9.17, 15) is 0 Å². The monoisotopic (exact) mass is 649 g/mol. The van der Waals surface area contributed by atoms with Crippen molar-refractivity contribution >= 4 is 0 Å². The fraction of sp³-hybridized carbons (Fsp3) is 1.00. The third kappa shape index (κ3) is 9.30. The molecule has 0 radical (unpaired) electrons. The van der Waals surface area contributed by atoms with Gasteiger partial charge in [-0.25, -0.2) is 0 Å². The third-order valence-corrected chi connectivity index (χ3v) is 13.9. The van der Waals surface area contributed by atoms with Gasteiger partial charge in [-0.3, -0.25) is 0 Å². The van der Waals surface area contributed by atoms with Crippen LogP contribution in [0.15, 0.2) is 0 Å². The number of ether oxygens (including phenoxy) is 6. The van der Waals surface area contributed by atoms with Crippen molar-refractivity contribution in [1.29, 1.82) is 0 Å². The fourth-order valence-corrected chi connectivity index (χ4v) is 11.9. The molecule has 5 saturated carbocycles. The maximum Gasteiger partial charge on any atom is 0.0701 e. The molecule has 0 amide bonds. The lowest BCUT2D eigenvalue weighted by Crippen LogP contribution is -2.51. The molecule has 5 rings (SSSR count). The molecule has 0 saturated heterocycles. The zero-order valence-electron chi connectivity index (χ0n) is 30.4. The van der Waals surface area contributed by atoms with Gasteiger partial charge in [-0.15, -0.1) is 0 Å². The first kappa shape index (κ1) is 37.0. The highest BCUT2D eigenvalue weighted by Gasteiger charge is 2.66. The van der Waals surface area contributed by atoms with E-state index < -0.39 is 0 Å². The lowest BCUT2D eigenvalue weighted by Gasteiger charge is -2.57. The second-order valence-electron chi connectivity index (χ2n) is 16.5. The van der Waals surface area contributed by atoms with Crippen LogP contribution in [-0.2, 0) is 28.4 Å². The van der Waals surface area contributed by atoms with Gasteiger partial charge >= 0.3 is 0 Å². The quantitative estimate of drug-likeness (QED) is 0.131. The van der Waals surface area contributed by atoms with Crippen LogP contribution >= 0.6 is 0 Å². The summed E-state index contributed by atoms with van der Waals surface area (Å²) in [6.07, 6.45) is 21.8. The van der Waals surface area contributed by atoms with Gasteiger partial charge in [0.2, 0.25) is 0 Å². The summed E-state index contributed by atoms with van der Waals surface area (Å²) < 4.78 is 33.5. The number of rotatable bonds is 19. The molecular weight excluding hydrogens is 576 g/mol. The molecule has 5 aliphatic rings. The minimum Gasteiger partial charge on any atom is -0.382 e. The molecule has 5 aliphatic carbocycles. The van der Waals surface area contributed by atoms with Gasteiger partial charge in [-0.2, -0.15) is 0 Å². The minimum absolute atomic E-state index is 0.598. The number of fused-ring (bicyclic) bond motifs is 3. The van der Waals surface area contributed by atoms with Gasteiger partial charge in [0.05, 0.1) is 52.9 Å². The third-order valence-electron chi connectivity index (χ3n) is 13.9. The topological polar surface area (TPSA) is 55.4 Å². The Morgan fingerprint density at radius 3 is 1.39 bits per heavy atom. The highest BCUT2D eigenvalue weighted by atomic mass is 16.5. The van der Waals surface area contributed by atoms with Crippen LogP contribution in [0, 0.1) is 64.6 Å². The molecule has 0 aromatic rings. The van der Waals surface area contributed by atoms with Crippen LogP contribution in [0.5, 0.6) is 0 Å². The zero-order chi connectivity index (χ0) is 32.2. The molecule has 6 nitrogen and oxygen atoms in total. The Labute approximate surface area is 283 Å². The van der Waals surface area contributed by atoms with Gasteiger partial charge in [0.15, 0.2) is 0 Å². The SMILES string of the molecule is COCCOCCOCCC1CCC(C2(C3CCC(COCCOCCOC)CC3)C3CC(C)CCC3C3CCC(C)CC32)CC1. The van der Waals surface area contributed by atoms with Crippen molar-refractivity contribution in [2.24, 2.45) is 64.6 Å². The summed E-state index contributed by atoms with van der Waals surface area (Å²) >= 11 is 0. The number of hydrogen-bond donors (Lipinski definition) is 0. The van der Waals surface area contributed by atoms with Crippen LogP contribution in [0.25, 0.3) is 0 Å². The average Bonchev–Trinajstić information content (AvgIpc) is 3.35. The molecule has 5 fully saturated rings. The summed E-state index contributed by atoms with van der Waals surface area (Å²) in [6, 6.07) is 0. The molecule has 6 atom stereocenters. The maximum atomic E-state index is 6.15. The Hall–Kier alpha value is -0.240. The van der Waals surface area contributed by atoms with Crippen LogP contribution in [0.1, 0.15) is 110 Å². The predicted molar refractivity (Wildman–Crippen MR) is 185 cm³/mol. The predicted octanol–water partition coefficient (Wildman–Crippen LogP) is 8.45. The van der Waals surface area contributed by atoms with E-state index in [1.807, 2.05) is 0 Å². The van der Waals surface area contributed by atoms with E-state index in [0.717, 1.165) is 72.4 Å². The van der Waals surface area contributed by atoms with Crippen LogP contribution in [0.4, 0.5) is 0 Å². The molecule has 0 aromatic carbocycles. The summed E-state index contributed by atoms with van der Waals surface area (Å²) in [5.41, 5.74) is 0.598. The van der Waals surface area contributed by atoms with Crippen molar-refractivity contribution in [2.45, 2.75) is 110 Å². The zero-order valence-corrected chi connectivity index (χ0v) is 30.4. The van der Waals surface area contributed by atoms with E-state index in [-0.39, 0.29) is 0 Å². The Morgan fingerprint density at radius 2 is 0.891 bits per heavy atom. The average molecular weight is 649 g/mol. The summed E-state index contributed by atoms with van der Waals surface area (Å²) in [4.78, 5) is 0. The second kappa shape index (κ2) is 19.2. The number of hydrogen-bond acceptors (Lipinski definition) is 6. The van der Waals surface area contributed by atoms with E-state index in [1.165, 1.54) is 96.3 Å². The molecule has 268 valence electrons. The van der Waals surface area contributed by atoms with Gasteiger partial charge in [0.1, 0.15) is 0 Å². The Morgan fingerprint density at radius 1 is 0.457 bits per heavy atom. The maximum absolute atomic E-state index is 6.15. The van der Waals surface area contributed by atoms with Gasteiger partial charge in [0, 0.05) is 27.4 Å². The van der Waals surface area contributed by atoms with E-state index in [1.54, 1.807) is 14.2 Å². The molecule has 6 heteroatoms. The molecule has 6 unspecified atom stereocenters. The van der Waals surface area contributed by atoms with Crippen molar-refractivity contribution in [3.05, 3.63) is 0 Å². The van der Waals surface area contributed by atoms with Gasteiger partial charge in [-0.05, 0) is 135 Å². The van der Waals surface area contributed by atoms with Crippen molar-refractivity contribution in [2.75, 3.05) is 80.3 Å². The largest absolute Gasteiger partial charge is 0.382 e. The Balaban J connectivity index is 1.21. The van der Waals surface area contributed by atoms with Gasteiger partial charge in [0.25, 0.3) is 0 Å². The summed E-state index contributed by atoms with van der Waals surface area (Å²) in [6.45, 7) is 12.4. The molecular formula is C40H72O6. The fourth-order valence-electron chi connectivity index (χ4n) is 11.9.